The third-order valence-corrected chi connectivity index (χ3v) is 5.33. The molecule has 0 saturated heterocycles. The SMILES string of the molecule is COCCC1(C(=O)N2Cc3ccccc3C(C(=O)O)C2)CCC1. The number of fused-ring (bicyclic) bond motifs is 1. The summed E-state index contributed by atoms with van der Waals surface area (Å²) in [6.45, 7) is 1.34. The number of nitrogens with zero attached hydrogens (tertiary/aromatic N) is 1. The molecule has 1 unspecified atom stereocenters. The maximum atomic E-state index is 13.1. The number of hydrogen-bond donors (Lipinski definition) is 1. The fourth-order valence-electron chi connectivity index (χ4n) is 3.78. The minimum atomic E-state index is -0.866. The number of ether oxygens (including phenoxy) is 1. The summed E-state index contributed by atoms with van der Waals surface area (Å²) in [6, 6.07) is 7.54. The summed E-state index contributed by atoms with van der Waals surface area (Å²) >= 11 is 0. The van der Waals surface area contributed by atoms with Crippen LogP contribution in [0, 0.1) is 5.41 Å². The Labute approximate surface area is 136 Å². The van der Waals surface area contributed by atoms with Gasteiger partial charge in [0.2, 0.25) is 5.91 Å². The zero-order valence-corrected chi connectivity index (χ0v) is 13.5. The third-order valence-electron chi connectivity index (χ3n) is 5.33. The van der Waals surface area contributed by atoms with Gasteiger partial charge in [0.15, 0.2) is 0 Å². The van der Waals surface area contributed by atoms with E-state index in [1.807, 2.05) is 24.3 Å². The molecule has 0 spiro atoms. The van der Waals surface area contributed by atoms with Crippen molar-refractivity contribution in [3.05, 3.63) is 35.4 Å². The standard InChI is InChI=1S/C18H23NO4/c1-23-10-9-18(7-4-8-18)17(22)19-11-13-5-2-3-6-14(13)15(12-19)16(20)21/h2-3,5-6,15H,4,7-12H2,1H3,(H,20,21). The minimum absolute atomic E-state index is 0.0987. The first-order valence-corrected chi connectivity index (χ1v) is 8.16. The number of aliphatic carboxylic acids is 1. The molecule has 1 atom stereocenters. The van der Waals surface area contributed by atoms with Crippen molar-refractivity contribution >= 4 is 11.9 Å². The molecular formula is C18H23NO4. The number of carbonyl (C=O) groups excluding carboxylic acids is 1. The third kappa shape index (κ3) is 2.85. The van der Waals surface area contributed by atoms with Gasteiger partial charge in [-0.2, -0.15) is 0 Å². The van der Waals surface area contributed by atoms with Gasteiger partial charge in [0, 0.05) is 26.8 Å². The van der Waals surface area contributed by atoms with Crippen molar-refractivity contribution in [3.63, 3.8) is 0 Å². The predicted octanol–water partition coefficient (Wildman–Crippen LogP) is 2.40. The van der Waals surface area contributed by atoms with Gasteiger partial charge in [-0.25, -0.2) is 0 Å². The summed E-state index contributed by atoms with van der Waals surface area (Å²) < 4.78 is 5.16. The smallest absolute Gasteiger partial charge is 0.312 e. The fraction of sp³-hybridized carbons (Fsp3) is 0.556. The van der Waals surface area contributed by atoms with E-state index in [4.69, 9.17) is 4.74 Å². The Morgan fingerprint density at radius 1 is 1.35 bits per heavy atom. The van der Waals surface area contributed by atoms with Gasteiger partial charge < -0.3 is 14.7 Å². The molecule has 1 aliphatic heterocycles. The van der Waals surface area contributed by atoms with Gasteiger partial charge in [-0.1, -0.05) is 30.7 Å². The van der Waals surface area contributed by atoms with Crippen LogP contribution in [0.3, 0.4) is 0 Å². The molecule has 1 aliphatic carbocycles. The average Bonchev–Trinajstić information content (AvgIpc) is 2.52. The highest BCUT2D eigenvalue weighted by atomic mass is 16.5. The van der Waals surface area contributed by atoms with Gasteiger partial charge in [-0.3, -0.25) is 9.59 Å². The number of carboxylic acids is 1. The van der Waals surface area contributed by atoms with Crippen LogP contribution in [0.2, 0.25) is 0 Å². The van der Waals surface area contributed by atoms with Crippen molar-refractivity contribution in [3.8, 4) is 0 Å². The van der Waals surface area contributed by atoms with E-state index in [9.17, 15) is 14.7 Å². The fourth-order valence-corrected chi connectivity index (χ4v) is 3.78. The first-order chi connectivity index (χ1) is 11.1. The molecule has 0 aromatic heterocycles. The van der Waals surface area contributed by atoms with Crippen molar-refractivity contribution in [2.45, 2.75) is 38.1 Å². The van der Waals surface area contributed by atoms with Crippen molar-refractivity contribution in [1.29, 1.82) is 0 Å². The molecule has 1 N–H and O–H groups in total. The topological polar surface area (TPSA) is 66.8 Å². The minimum Gasteiger partial charge on any atom is -0.481 e. The van der Waals surface area contributed by atoms with Crippen LogP contribution >= 0.6 is 0 Å². The molecule has 1 amide bonds. The average molecular weight is 317 g/mol. The van der Waals surface area contributed by atoms with Crippen LogP contribution < -0.4 is 0 Å². The Bertz CT molecular complexity index is 609. The summed E-state index contributed by atoms with van der Waals surface area (Å²) in [7, 11) is 1.65. The van der Waals surface area contributed by atoms with Gasteiger partial charge in [-0.15, -0.1) is 0 Å². The highest BCUT2D eigenvalue weighted by Gasteiger charge is 2.47. The number of benzene rings is 1. The molecule has 1 heterocycles. The van der Waals surface area contributed by atoms with Crippen molar-refractivity contribution in [2.75, 3.05) is 20.3 Å². The second kappa shape index (κ2) is 6.32. The van der Waals surface area contributed by atoms with Crippen molar-refractivity contribution in [1.82, 2.24) is 4.90 Å². The van der Waals surface area contributed by atoms with Gasteiger partial charge in [0.05, 0.1) is 11.3 Å². The molecule has 124 valence electrons. The Balaban J connectivity index is 1.84. The lowest BCUT2D eigenvalue weighted by atomic mass is 9.65. The van der Waals surface area contributed by atoms with Crippen molar-refractivity contribution < 1.29 is 19.4 Å². The normalized spacial score (nSPS) is 22.1. The predicted molar refractivity (Wildman–Crippen MR) is 85.0 cm³/mol. The maximum absolute atomic E-state index is 13.1. The first-order valence-electron chi connectivity index (χ1n) is 8.16. The molecule has 23 heavy (non-hydrogen) atoms. The van der Waals surface area contributed by atoms with Crippen LogP contribution in [-0.2, 0) is 20.9 Å². The lowest BCUT2D eigenvalue weighted by molar-refractivity contribution is -0.152. The second-order valence-electron chi connectivity index (χ2n) is 6.65. The van der Waals surface area contributed by atoms with Crippen LogP contribution in [0.1, 0.15) is 42.7 Å². The Morgan fingerprint density at radius 3 is 2.70 bits per heavy atom. The van der Waals surface area contributed by atoms with Gasteiger partial charge >= 0.3 is 5.97 Å². The lowest BCUT2D eigenvalue weighted by Crippen LogP contribution is -2.51. The number of amides is 1. The molecule has 5 heteroatoms. The van der Waals surface area contributed by atoms with Crippen LogP contribution in [0.5, 0.6) is 0 Å². The van der Waals surface area contributed by atoms with Crippen molar-refractivity contribution in [2.24, 2.45) is 5.41 Å². The Hall–Kier alpha value is -1.88. The summed E-state index contributed by atoms with van der Waals surface area (Å²) in [4.78, 5) is 26.4. The number of hydrogen-bond acceptors (Lipinski definition) is 3. The molecule has 0 radical (unpaired) electrons. The molecule has 5 nitrogen and oxygen atoms in total. The van der Waals surface area contributed by atoms with E-state index in [-0.39, 0.29) is 17.9 Å². The molecule has 0 bridgehead atoms. The zero-order valence-electron chi connectivity index (χ0n) is 13.5. The van der Waals surface area contributed by atoms with Crippen LogP contribution in [0.4, 0.5) is 0 Å². The number of rotatable bonds is 5. The number of methoxy groups -OCH3 is 1. The van der Waals surface area contributed by atoms with Gasteiger partial charge in [0.25, 0.3) is 0 Å². The highest BCUT2D eigenvalue weighted by molar-refractivity contribution is 5.86. The Kier molecular flexibility index (Phi) is 4.39. The number of carbonyl (C=O) groups is 2. The molecule has 1 saturated carbocycles. The molecular weight excluding hydrogens is 294 g/mol. The summed E-state index contributed by atoms with van der Waals surface area (Å²) in [5, 5.41) is 9.54. The van der Waals surface area contributed by atoms with E-state index < -0.39 is 11.9 Å². The largest absolute Gasteiger partial charge is 0.481 e. The van der Waals surface area contributed by atoms with Crippen LogP contribution in [0.15, 0.2) is 24.3 Å². The number of carboxylic acid groups (broad SMARTS) is 1. The molecule has 1 fully saturated rings. The Morgan fingerprint density at radius 2 is 2.09 bits per heavy atom. The van der Waals surface area contributed by atoms with Gasteiger partial charge in [-0.05, 0) is 30.4 Å². The lowest BCUT2D eigenvalue weighted by Gasteiger charge is -2.45. The molecule has 1 aromatic rings. The van der Waals surface area contributed by atoms with Crippen LogP contribution in [0.25, 0.3) is 0 Å². The molecule has 1 aromatic carbocycles. The quantitative estimate of drug-likeness (QED) is 0.905. The molecule has 3 rings (SSSR count). The zero-order chi connectivity index (χ0) is 16.4. The van der Waals surface area contributed by atoms with E-state index in [1.54, 1.807) is 12.0 Å². The first kappa shape index (κ1) is 16.0. The van der Waals surface area contributed by atoms with E-state index in [0.29, 0.717) is 13.2 Å². The van der Waals surface area contributed by atoms with Gasteiger partial charge in [0.1, 0.15) is 0 Å². The summed E-state index contributed by atoms with van der Waals surface area (Å²) in [5.41, 5.74) is 1.44. The second-order valence-corrected chi connectivity index (χ2v) is 6.65. The van der Waals surface area contributed by atoms with Crippen LogP contribution in [-0.4, -0.2) is 42.1 Å². The summed E-state index contributed by atoms with van der Waals surface area (Å²) in [5.74, 6) is -1.40. The molecule has 2 aliphatic rings. The monoisotopic (exact) mass is 317 g/mol. The summed E-state index contributed by atoms with van der Waals surface area (Å²) in [6.07, 6.45) is 3.54. The van der Waals surface area contributed by atoms with E-state index >= 15 is 0 Å². The highest BCUT2D eigenvalue weighted by Crippen LogP contribution is 2.46. The maximum Gasteiger partial charge on any atom is 0.312 e. The van der Waals surface area contributed by atoms with E-state index in [1.165, 1.54) is 0 Å². The van der Waals surface area contributed by atoms with E-state index in [2.05, 4.69) is 0 Å². The van der Waals surface area contributed by atoms with E-state index in [0.717, 1.165) is 36.8 Å².